The average molecular weight is 434 g/mol. The molecule has 162 valence electrons. The highest BCUT2D eigenvalue weighted by atomic mass is 28.3. The minimum Gasteiger partial charge on any atom is -0.360 e. The monoisotopic (exact) mass is 433 g/mol. The number of nitrogens with one attached hydrogen (secondary N) is 1. The zero-order valence-electron chi connectivity index (χ0n) is 18.6. The van der Waals surface area contributed by atoms with Gasteiger partial charge in [0.1, 0.15) is 6.73 Å². The lowest BCUT2D eigenvalue weighted by Gasteiger charge is -2.15. The number of ether oxygens (including phenoxy) is 1. The molecule has 1 atom stereocenters. The molecule has 1 aromatic carbocycles. The molecular weight excluding hydrogens is 402 g/mol. The van der Waals surface area contributed by atoms with Gasteiger partial charge in [-0.2, -0.15) is 5.10 Å². The van der Waals surface area contributed by atoms with Crippen molar-refractivity contribution in [3.05, 3.63) is 59.0 Å². The van der Waals surface area contributed by atoms with E-state index in [9.17, 15) is 4.79 Å². The van der Waals surface area contributed by atoms with Crippen molar-refractivity contribution in [2.24, 2.45) is 5.92 Å². The lowest BCUT2D eigenvalue weighted by molar-refractivity contribution is -0.115. The van der Waals surface area contributed by atoms with Crippen molar-refractivity contribution in [2.75, 3.05) is 6.61 Å². The first-order valence-corrected chi connectivity index (χ1v) is 15.1. The van der Waals surface area contributed by atoms with E-state index in [1.807, 2.05) is 22.9 Å². The standard InChI is InChI=1S/C25H31N3O2Si/c1-31(2,3)13-12-30-16-28-23-15-17(8-11-20(23)24(27-28)18-9-10-18)14-21-19-6-4-5-7-22(19)26-25(21)29/h4-5,7-8,11,14-15,18-19H,6,9-10,12-13,16H2,1-3H3,(H,26,29)/b21-14+. The second kappa shape index (κ2) is 7.91. The second-order valence-corrected chi connectivity index (χ2v) is 15.8. The summed E-state index contributed by atoms with van der Waals surface area (Å²) in [6.45, 7) is 8.37. The molecule has 31 heavy (non-hydrogen) atoms. The van der Waals surface area contributed by atoms with Crippen molar-refractivity contribution in [2.45, 2.75) is 57.6 Å². The van der Waals surface area contributed by atoms with Crippen LogP contribution in [-0.4, -0.2) is 30.4 Å². The summed E-state index contributed by atoms with van der Waals surface area (Å²) < 4.78 is 8.03. The first-order chi connectivity index (χ1) is 14.9. The van der Waals surface area contributed by atoms with Gasteiger partial charge in [-0.05, 0) is 49.1 Å². The van der Waals surface area contributed by atoms with E-state index in [1.165, 1.54) is 23.9 Å². The number of carbonyl (C=O) groups is 1. The van der Waals surface area contributed by atoms with Crippen LogP contribution in [0.15, 0.2) is 47.7 Å². The molecule has 0 radical (unpaired) electrons. The SMILES string of the molecule is C[Si](C)(C)CCOCn1nc(C2CC2)c2ccc(/C=C3/C(=O)NC4=CC=CCC43)cc21. The molecule has 3 aliphatic rings. The summed E-state index contributed by atoms with van der Waals surface area (Å²) in [5, 5.41) is 9.16. The molecule has 2 heterocycles. The van der Waals surface area contributed by atoms with E-state index in [0.29, 0.717) is 12.6 Å². The molecule has 1 aliphatic heterocycles. The summed E-state index contributed by atoms with van der Waals surface area (Å²) in [5.74, 6) is 0.740. The number of nitrogens with zero attached hydrogens (tertiary/aromatic N) is 2. The molecule has 1 saturated carbocycles. The van der Waals surface area contributed by atoms with Crippen LogP contribution in [0.5, 0.6) is 0 Å². The zero-order chi connectivity index (χ0) is 21.6. The first-order valence-electron chi connectivity index (χ1n) is 11.4. The fourth-order valence-electron chi connectivity index (χ4n) is 4.35. The van der Waals surface area contributed by atoms with Gasteiger partial charge in [0, 0.05) is 43.2 Å². The summed E-state index contributed by atoms with van der Waals surface area (Å²) in [7, 11) is -1.11. The van der Waals surface area contributed by atoms with Crippen LogP contribution in [0.3, 0.4) is 0 Å². The van der Waals surface area contributed by atoms with Gasteiger partial charge in [-0.3, -0.25) is 4.79 Å². The molecule has 1 N–H and O–H groups in total. The highest BCUT2D eigenvalue weighted by Gasteiger charge is 2.33. The van der Waals surface area contributed by atoms with Crippen LogP contribution < -0.4 is 5.32 Å². The van der Waals surface area contributed by atoms with E-state index in [1.54, 1.807) is 0 Å². The molecule has 0 spiro atoms. The van der Waals surface area contributed by atoms with Crippen LogP contribution >= 0.6 is 0 Å². The van der Waals surface area contributed by atoms with Gasteiger partial charge in [-0.25, -0.2) is 4.68 Å². The van der Waals surface area contributed by atoms with Gasteiger partial charge in [0.05, 0.1) is 11.2 Å². The fourth-order valence-corrected chi connectivity index (χ4v) is 5.11. The van der Waals surface area contributed by atoms with Crippen molar-refractivity contribution < 1.29 is 9.53 Å². The number of aromatic nitrogens is 2. The normalized spacial score (nSPS) is 22.2. The number of amides is 1. The Balaban J connectivity index is 1.43. The lowest BCUT2D eigenvalue weighted by atomic mass is 9.91. The highest BCUT2D eigenvalue weighted by Crippen LogP contribution is 2.43. The number of allylic oxidation sites excluding steroid dienone is 4. The Bertz CT molecular complexity index is 1120. The first kappa shape index (κ1) is 20.5. The number of fused-ring (bicyclic) bond motifs is 2. The van der Waals surface area contributed by atoms with Crippen molar-refractivity contribution in [3.63, 3.8) is 0 Å². The minimum absolute atomic E-state index is 0.0157. The molecule has 5 nitrogen and oxygen atoms in total. The molecule has 1 saturated heterocycles. The summed E-state index contributed by atoms with van der Waals surface area (Å²) in [6.07, 6.45) is 11.5. The van der Waals surface area contributed by atoms with Gasteiger partial charge in [0.15, 0.2) is 0 Å². The van der Waals surface area contributed by atoms with E-state index in [-0.39, 0.29) is 11.8 Å². The van der Waals surface area contributed by atoms with Gasteiger partial charge in [-0.15, -0.1) is 0 Å². The predicted octanol–water partition coefficient (Wildman–Crippen LogP) is 5.20. The molecule has 0 bridgehead atoms. The quantitative estimate of drug-likeness (QED) is 0.371. The molecule has 2 aliphatic carbocycles. The molecular formula is C25H31N3O2Si. The molecule has 1 amide bonds. The third-order valence-corrected chi connectivity index (χ3v) is 8.06. The number of benzene rings is 1. The Kier molecular flexibility index (Phi) is 5.22. The maximum atomic E-state index is 12.6. The molecule has 2 fully saturated rings. The molecule has 1 aromatic heterocycles. The topological polar surface area (TPSA) is 56.2 Å². The van der Waals surface area contributed by atoms with Crippen molar-refractivity contribution >= 4 is 31.0 Å². The molecule has 1 unspecified atom stereocenters. The maximum absolute atomic E-state index is 12.6. The highest BCUT2D eigenvalue weighted by molar-refractivity contribution is 6.76. The van der Waals surface area contributed by atoms with E-state index in [2.05, 4.69) is 49.2 Å². The third-order valence-electron chi connectivity index (χ3n) is 6.35. The predicted molar refractivity (Wildman–Crippen MR) is 127 cm³/mol. The van der Waals surface area contributed by atoms with Crippen molar-refractivity contribution in [1.82, 2.24) is 15.1 Å². The van der Waals surface area contributed by atoms with Crippen LogP contribution in [0.25, 0.3) is 17.0 Å². The Hall–Kier alpha value is -2.44. The van der Waals surface area contributed by atoms with E-state index < -0.39 is 8.07 Å². The van der Waals surface area contributed by atoms with Crippen LogP contribution in [-0.2, 0) is 16.3 Å². The lowest BCUT2D eigenvalue weighted by Crippen LogP contribution is -2.22. The Labute approximate surface area is 184 Å². The number of carbonyl (C=O) groups excluding carboxylic acids is 1. The van der Waals surface area contributed by atoms with Gasteiger partial charge < -0.3 is 10.1 Å². The summed E-state index contributed by atoms with van der Waals surface area (Å²) in [4.78, 5) is 12.6. The zero-order valence-corrected chi connectivity index (χ0v) is 19.6. The van der Waals surface area contributed by atoms with Gasteiger partial charge in [0.25, 0.3) is 5.91 Å². The smallest absolute Gasteiger partial charge is 0.252 e. The second-order valence-electron chi connectivity index (χ2n) is 10.2. The van der Waals surface area contributed by atoms with Crippen LogP contribution in [0.1, 0.15) is 36.4 Å². The number of hydrogen-bond donors (Lipinski definition) is 1. The largest absolute Gasteiger partial charge is 0.360 e. The minimum atomic E-state index is -1.11. The molecule has 2 aromatic rings. The van der Waals surface area contributed by atoms with Gasteiger partial charge >= 0.3 is 0 Å². The van der Waals surface area contributed by atoms with E-state index in [4.69, 9.17) is 9.84 Å². The van der Waals surface area contributed by atoms with Crippen LogP contribution in [0, 0.1) is 5.92 Å². The Morgan fingerprint density at radius 1 is 1.29 bits per heavy atom. The van der Waals surface area contributed by atoms with Crippen molar-refractivity contribution in [3.8, 4) is 0 Å². The van der Waals surface area contributed by atoms with Crippen LogP contribution in [0.4, 0.5) is 0 Å². The van der Waals surface area contributed by atoms with E-state index >= 15 is 0 Å². The molecule has 6 heteroatoms. The van der Waals surface area contributed by atoms with E-state index in [0.717, 1.165) is 41.4 Å². The summed E-state index contributed by atoms with van der Waals surface area (Å²) in [5.41, 5.74) is 5.19. The summed E-state index contributed by atoms with van der Waals surface area (Å²) in [6, 6.07) is 7.61. The Morgan fingerprint density at radius 2 is 2.13 bits per heavy atom. The number of rotatable bonds is 7. The van der Waals surface area contributed by atoms with Gasteiger partial charge in [0.2, 0.25) is 0 Å². The van der Waals surface area contributed by atoms with Crippen molar-refractivity contribution in [1.29, 1.82) is 0 Å². The number of hydrogen-bond acceptors (Lipinski definition) is 3. The third kappa shape index (κ3) is 4.32. The van der Waals surface area contributed by atoms with Crippen LogP contribution in [0.2, 0.25) is 25.7 Å². The molecule has 5 rings (SSSR count). The average Bonchev–Trinajstić information content (AvgIpc) is 3.44. The fraction of sp³-hybridized carbons (Fsp3) is 0.440. The Morgan fingerprint density at radius 3 is 2.90 bits per heavy atom. The maximum Gasteiger partial charge on any atom is 0.252 e. The summed E-state index contributed by atoms with van der Waals surface area (Å²) >= 11 is 0. The van der Waals surface area contributed by atoms with Gasteiger partial charge in [-0.1, -0.05) is 43.9 Å².